The molecule has 27 heavy (non-hydrogen) atoms. The normalized spacial score (nSPS) is 11.8. The van der Waals surface area contributed by atoms with Crippen molar-refractivity contribution >= 4 is 33.4 Å². The van der Waals surface area contributed by atoms with Gasteiger partial charge in [0.05, 0.1) is 29.8 Å². The molecule has 0 bridgehead atoms. The molecular weight excluding hydrogens is 364 g/mol. The summed E-state index contributed by atoms with van der Waals surface area (Å²) in [6, 6.07) is 14.5. The zero-order valence-electron chi connectivity index (χ0n) is 15.1. The molecular formula is C20H20N2O4S. The fourth-order valence-corrected chi connectivity index (χ4v) is 3.56. The Labute approximate surface area is 161 Å². The number of carbonyl (C=O) groups is 2. The number of aromatic nitrogens is 1. The van der Waals surface area contributed by atoms with Crippen LogP contribution in [0.15, 0.2) is 48.5 Å². The van der Waals surface area contributed by atoms with Crippen molar-refractivity contribution < 1.29 is 19.1 Å². The summed E-state index contributed by atoms with van der Waals surface area (Å²) in [4.78, 5) is 28.3. The van der Waals surface area contributed by atoms with Gasteiger partial charge in [-0.3, -0.25) is 9.59 Å². The van der Waals surface area contributed by atoms with Gasteiger partial charge in [-0.2, -0.15) is 0 Å². The lowest BCUT2D eigenvalue weighted by Crippen LogP contribution is -2.28. The Hall–Kier alpha value is -2.93. The molecule has 1 amide bonds. The predicted octanol–water partition coefficient (Wildman–Crippen LogP) is 3.62. The van der Waals surface area contributed by atoms with Crippen molar-refractivity contribution in [2.45, 2.75) is 26.0 Å². The van der Waals surface area contributed by atoms with Gasteiger partial charge in [0.1, 0.15) is 17.4 Å². The van der Waals surface area contributed by atoms with Crippen molar-refractivity contribution in [2.75, 3.05) is 7.11 Å². The average Bonchev–Trinajstić information content (AvgIpc) is 3.08. The number of carbonyl (C=O) groups excluding carboxylic acids is 2. The lowest BCUT2D eigenvalue weighted by molar-refractivity contribution is -0.145. The topological polar surface area (TPSA) is 77.5 Å². The van der Waals surface area contributed by atoms with Crippen LogP contribution in [-0.2, 0) is 20.9 Å². The summed E-state index contributed by atoms with van der Waals surface area (Å²) in [6.07, 6.45) is 0.0385. The summed E-state index contributed by atoms with van der Waals surface area (Å²) < 4.78 is 11.6. The van der Waals surface area contributed by atoms with E-state index >= 15 is 0 Å². The molecule has 0 aliphatic rings. The maximum absolute atomic E-state index is 12.3. The maximum Gasteiger partial charge on any atom is 0.308 e. The minimum Gasteiger partial charge on any atom is -0.497 e. The number of amides is 1. The van der Waals surface area contributed by atoms with E-state index in [1.54, 1.807) is 19.2 Å². The van der Waals surface area contributed by atoms with Crippen molar-refractivity contribution in [3.63, 3.8) is 0 Å². The Morgan fingerprint density at radius 1 is 1.15 bits per heavy atom. The highest BCUT2D eigenvalue weighted by Gasteiger charge is 2.19. The molecule has 3 aromatic rings. The van der Waals surface area contributed by atoms with Gasteiger partial charge in [0, 0.05) is 6.92 Å². The van der Waals surface area contributed by atoms with E-state index in [1.807, 2.05) is 36.4 Å². The second-order valence-electron chi connectivity index (χ2n) is 5.97. The Kier molecular flexibility index (Phi) is 6.03. The summed E-state index contributed by atoms with van der Waals surface area (Å²) in [5.74, 6) is 0.0948. The lowest BCUT2D eigenvalue weighted by Gasteiger charge is -2.18. The van der Waals surface area contributed by atoms with Crippen LogP contribution < -0.4 is 10.1 Å². The van der Waals surface area contributed by atoms with Crippen LogP contribution in [0.5, 0.6) is 5.75 Å². The fourth-order valence-electron chi connectivity index (χ4n) is 2.68. The number of nitrogens with one attached hydrogen (secondary N) is 1. The summed E-state index contributed by atoms with van der Waals surface area (Å²) in [6.45, 7) is 1.54. The Morgan fingerprint density at radius 3 is 2.56 bits per heavy atom. The second kappa shape index (κ2) is 8.64. The Morgan fingerprint density at radius 2 is 1.89 bits per heavy atom. The van der Waals surface area contributed by atoms with E-state index in [4.69, 9.17) is 9.47 Å². The van der Waals surface area contributed by atoms with Crippen LogP contribution in [0.4, 0.5) is 0 Å². The third-order valence-corrected chi connectivity index (χ3v) is 4.97. The van der Waals surface area contributed by atoms with E-state index in [9.17, 15) is 9.59 Å². The molecule has 1 atom stereocenters. The van der Waals surface area contributed by atoms with Crippen molar-refractivity contribution in [1.82, 2.24) is 10.3 Å². The molecule has 0 fully saturated rings. The molecule has 0 saturated heterocycles. The number of methoxy groups -OCH3 is 1. The molecule has 0 saturated carbocycles. The van der Waals surface area contributed by atoms with Gasteiger partial charge >= 0.3 is 5.97 Å². The number of rotatable bonds is 7. The SMILES string of the molecule is COc1ccc([C@@H](CC(=O)OCc2nc3ccccc3s2)NC(C)=O)cc1. The lowest BCUT2D eigenvalue weighted by atomic mass is 10.0. The zero-order valence-corrected chi connectivity index (χ0v) is 15.9. The molecule has 0 radical (unpaired) electrons. The average molecular weight is 384 g/mol. The largest absolute Gasteiger partial charge is 0.497 e. The highest BCUT2D eigenvalue weighted by molar-refractivity contribution is 7.18. The van der Waals surface area contributed by atoms with Crippen LogP contribution in [0, 0.1) is 0 Å². The van der Waals surface area contributed by atoms with Crippen LogP contribution in [-0.4, -0.2) is 24.0 Å². The van der Waals surface area contributed by atoms with Gasteiger partial charge in [0.2, 0.25) is 5.91 Å². The summed E-state index contributed by atoms with van der Waals surface area (Å²) in [7, 11) is 1.58. The zero-order chi connectivity index (χ0) is 19.2. The van der Waals surface area contributed by atoms with E-state index in [2.05, 4.69) is 10.3 Å². The van der Waals surface area contributed by atoms with Gasteiger partial charge in [-0.25, -0.2) is 4.98 Å². The molecule has 6 nitrogen and oxygen atoms in total. The molecule has 1 N–H and O–H groups in total. The Balaban J connectivity index is 1.63. The molecule has 7 heteroatoms. The van der Waals surface area contributed by atoms with Gasteiger partial charge in [-0.05, 0) is 29.8 Å². The summed E-state index contributed by atoms with van der Waals surface area (Å²) in [5.41, 5.74) is 1.70. The minimum atomic E-state index is -0.462. The van der Waals surface area contributed by atoms with Gasteiger partial charge in [0.15, 0.2) is 0 Å². The van der Waals surface area contributed by atoms with Crippen LogP contribution in [0.25, 0.3) is 10.2 Å². The van der Waals surface area contributed by atoms with E-state index in [0.29, 0.717) is 5.75 Å². The van der Waals surface area contributed by atoms with Gasteiger partial charge in [-0.1, -0.05) is 24.3 Å². The monoisotopic (exact) mass is 384 g/mol. The third-order valence-electron chi connectivity index (χ3n) is 3.96. The Bertz CT molecular complexity index is 904. The van der Waals surface area contributed by atoms with Gasteiger partial charge < -0.3 is 14.8 Å². The first-order valence-electron chi connectivity index (χ1n) is 8.46. The smallest absolute Gasteiger partial charge is 0.308 e. The number of ether oxygens (including phenoxy) is 2. The number of benzene rings is 2. The number of para-hydroxylation sites is 1. The van der Waals surface area contributed by atoms with Crippen molar-refractivity contribution in [2.24, 2.45) is 0 Å². The fraction of sp³-hybridized carbons (Fsp3) is 0.250. The molecule has 140 valence electrons. The number of esters is 1. The van der Waals surface area contributed by atoms with Crippen molar-refractivity contribution in [3.05, 3.63) is 59.1 Å². The van der Waals surface area contributed by atoms with Crippen molar-refractivity contribution in [1.29, 1.82) is 0 Å². The first-order chi connectivity index (χ1) is 13.0. The minimum absolute atomic E-state index is 0.0385. The van der Waals surface area contributed by atoms with Crippen molar-refractivity contribution in [3.8, 4) is 5.75 Å². The maximum atomic E-state index is 12.3. The predicted molar refractivity (Wildman–Crippen MR) is 104 cm³/mol. The highest BCUT2D eigenvalue weighted by Crippen LogP contribution is 2.23. The quantitative estimate of drug-likeness (QED) is 0.630. The first-order valence-corrected chi connectivity index (χ1v) is 9.28. The van der Waals surface area contributed by atoms with Crippen LogP contribution in [0.1, 0.15) is 30.0 Å². The number of fused-ring (bicyclic) bond motifs is 1. The van der Waals surface area contributed by atoms with Crippen LogP contribution >= 0.6 is 11.3 Å². The van der Waals surface area contributed by atoms with E-state index in [-0.39, 0.29) is 18.9 Å². The van der Waals surface area contributed by atoms with Crippen LogP contribution in [0.2, 0.25) is 0 Å². The van der Waals surface area contributed by atoms with Gasteiger partial charge in [-0.15, -0.1) is 11.3 Å². The number of hydrogen-bond donors (Lipinski definition) is 1. The van der Waals surface area contributed by atoms with E-state index in [0.717, 1.165) is 20.8 Å². The van der Waals surface area contributed by atoms with Gasteiger partial charge in [0.25, 0.3) is 0 Å². The highest BCUT2D eigenvalue weighted by atomic mass is 32.1. The summed E-state index contributed by atoms with van der Waals surface area (Å²) >= 11 is 1.50. The van der Waals surface area contributed by atoms with E-state index < -0.39 is 12.0 Å². The molecule has 1 aromatic heterocycles. The molecule has 1 heterocycles. The molecule has 2 aromatic carbocycles. The standard InChI is InChI=1S/C20H20N2O4S/c1-13(23)21-17(14-7-9-15(25-2)10-8-14)11-20(24)26-12-19-22-16-5-3-4-6-18(16)27-19/h3-10,17H,11-12H2,1-2H3,(H,21,23)/t17-/m1/s1. The number of hydrogen-bond acceptors (Lipinski definition) is 6. The van der Waals surface area contributed by atoms with Crippen LogP contribution in [0.3, 0.4) is 0 Å². The van der Waals surface area contributed by atoms with E-state index in [1.165, 1.54) is 18.3 Å². The summed E-state index contributed by atoms with van der Waals surface area (Å²) in [5, 5.41) is 3.53. The second-order valence-corrected chi connectivity index (χ2v) is 7.08. The molecule has 0 spiro atoms. The molecule has 0 aliphatic heterocycles. The number of thiazole rings is 1. The first kappa shape index (κ1) is 18.8. The molecule has 0 aliphatic carbocycles. The number of nitrogens with zero attached hydrogens (tertiary/aromatic N) is 1. The molecule has 0 unspecified atom stereocenters. The molecule has 3 rings (SSSR count). The third kappa shape index (κ3) is 5.04.